The molecule has 7 rings (SSSR count). The predicted molar refractivity (Wildman–Crippen MR) is 226 cm³/mol. The molecule has 10 nitrogen and oxygen atoms in total. The van der Waals surface area contributed by atoms with Crippen molar-refractivity contribution in [3.63, 3.8) is 0 Å². The second-order valence-electron chi connectivity index (χ2n) is 15.4. The molecule has 0 atom stereocenters. The van der Waals surface area contributed by atoms with Crippen LogP contribution in [0.3, 0.4) is 0 Å². The van der Waals surface area contributed by atoms with E-state index in [-0.39, 0.29) is 19.3 Å². The van der Waals surface area contributed by atoms with E-state index in [1.54, 1.807) is 0 Å². The highest BCUT2D eigenvalue weighted by atomic mass is 16.4. The number of aliphatic carboxylic acids is 2. The summed E-state index contributed by atoms with van der Waals surface area (Å²) in [6, 6.07) is 0. The van der Waals surface area contributed by atoms with Gasteiger partial charge in [-0.1, -0.05) is 27.7 Å². The molecule has 0 saturated heterocycles. The summed E-state index contributed by atoms with van der Waals surface area (Å²) >= 11 is 0. The first-order valence-corrected chi connectivity index (χ1v) is 20.1. The molecule has 0 fully saturated rings. The summed E-state index contributed by atoms with van der Waals surface area (Å²) in [6.45, 7) is 21.5. The molecule has 6 N–H and O–H groups in total. The highest BCUT2D eigenvalue weighted by Gasteiger charge is 2.31. The molecule has 0 saturated carbocycles. The van der Waals surface area contributed by atoms with E-state index in [1.165, 1.54) is 33.4 Å². The van der Waals surface area contributed by atoms with Gasteiger partial charge >= 0.3 is 11.9 Å². The molecular formula is C46H54N6O4. The quantitative estimate of drug-likeness (QED) is 0.0950. The number of aromatic amines is 4. The summed E-state index contributed by atoms with van der Waals surface area (Å²) in [5.74, 6) is -1.77. The molecule has 0 unspecified atom stereocenters. The molecule has 12 bridgehead atoms. The van der Waals surface area contributed by atoms with E-state index in [9.17, 15) is 19.8 Å². The Morgan fingerprint density at radius 3 is 1.62 bits per heavy atom. The lowest BCUT2D eigenvalue weighted by molar-refractivity contribution is -0.138. The predicted octanol–water partition coefficient (Wildman–Crippen LogP) is 10.2. The van der Waals surface area contributed by atoms with E-state index in [2.05, 4.69) is 87.5 Å². The Bertz CT molecular complexity index is 2530. The first kappa shape index (κ1) is 38.6. The second-order valence-corrected chi connectivity index (χ2v) is 15.4. The third-order valence-electron chi connectivity index (χ3n) is 12.4. The number of H-pyrrole nitrogens is 4. The van der Waals surface area contributed by atoms with Crippen molar-refractivity contribution in [1.29, 1.82) is 0 Å². The van der Waals surface area contributed by atoms with Gasteiger partial charge in [0, 0.05) is 24.2 Å². The van der Waals surface area contributed by atoms with Crippen LogP contribution in [-0.2, 0) is 35.3 Å². The van der Waals surface area contributed by atoms with Crippen molar-refractivity contribution >= 4 is 35.5 Å². The maximum atomic E-state index is 12.0. The molecule has 4 aromatic heterocycles. The van der Waals surface area contributed by atoms with Crippen molar-refractivity contribution in [2.75, 3.05) is 0 Å². The van der Waals surface area contributed by atoms with Crippen LogP contribution in [0.1, 0.15) is 135 Å². The molecule has 292 valence electrons. The van der Waals surface area contributed by atoms with Gasteiger partial charge in [0.05, 0.1) is 57.0 Å². The number of allylic oxidation sites excluding steroid dienone is 4. The zero-order chi connectivity index (χ0) is 40.3. The maximum Gasteiger partial charge on any atom is 0.303 e. The van der Waals surface area contributed by atoms with Crippen LogP contribution in [0.4, 0.5) is 0 Å². The molecule has 0 spiro atoms. The first-order valence-electron chi connectivity index (χ1n) is 20.1. The molecule has 0 radical (unpaired) electrons. The lowest BCUT2D eigenvalue weighted by Gasteiger charge is -2.09. The zero-order valence-electron chi connectivity index (χ0n) is 34.4. The summed E-state index contributed by atoms with van der Waals surface area (Å²) < 4.78 is 0. The average molecular weight is 755 g/mol. The molecule has 7 heterocycles. The lowest BCUT2D eigenvalue weighted by atomic mass is 9.94. The normalized spacial score (nSPS) is 16.9. The van der Waals surface area contributed by atoms with Crippen LogP contribution in [0.25, 0.3) is 34.9 Å². The van der Waals surface area contributed by atoms with Crippen LogP contribution in [0.2, 0.25) is 0 Å². The number of rotatable bonds is 10. The number of nitrogens with zero attached hydrogens (tertiary/aromatic N) is 2. The molecule has 3 aliphatic heterocycles. The SMILES string of the molecule is CCC1=C(C)C2=N/C1=C\c1[nH]c(c(CCC(=O)O)c1C)C1=N/C(=C\c3[nH]c(c(C)c3CC)-c3[nH]c(c(CC)c3C)-c3[nH]c2c(C)c3CC)C(C)=C1CCC(=O)O. The average Bonchev–Trinajstić information content (AvgIpc) is 3.97. The van der Waals surface area contributed by atoms with Gasteiger partial charge in [-0.3, -0.25) is 9.59 Å². The van der Waals surface area contributed by atoms with Crippen molar-refractivity contribution < 1.29 is 19.8 Å². The smallest absolute Gasteiger partial charge is 0.303 e. The van der Waals surface area contributed by atoms with Gasteiger partial charge in [-0.05, 0) is 159 Å². The largest absolute Gasteiger partial charge is 0.481 e. The van der Waals surface area contributed by atoms with Crippen LogP contribution in [0.15, 0.2) is 43.7 Å². The minimum absolute atomic E-state index is 0.0512. The Morgan fingerprint density at radius 2 is 1.02 bits per heavy atom. The van der Waals surface area contributed by atoms with E-state index in [0.29, 0.717) is 12.1 Å². The molecule has 3 aliphatic rings. The standard InChI is InChI=1S/C46H54N6O4/c1-11-27-23(7)39-41-25(9)29(13-3)43(51-41)44-30(14-4)26(10)42(52-44)40-24(8)28(12-2)36(50-40)20-34-22(6)32(16-18-38(55)56)46(48-34)45-31(15-17-37(53)54)21(5)33(47-45)19-35(27)49-39/h19-20,47,50-52H,11-18H2,1-10H3,(H,53,54)(H,55,56)/b33-19?,34-20-,35-19-,36-20?,41-39?,42-40?,44-43?,46-45?. The molecule has 56 heavy (non-hydrogen) atoms. The number of hydrogen-bond acceptors (Lipinski definition) is 4. The highest BCUT2D eigenvalue weighted by Crippen LogP contribution is 2.42. The van der Waals surface area contributed by atoms with Gasteiger partial charge in [0.15, 0.2) is 0 Å². The fraction of sp³-hybridized carbons (Fsp3) is 0.391. The van der Waals surface area contributed by atoms with Crippen molar-refractivity contribution in [2.45, 2.75) is 121 Å². The van der Waals surface area contributed by atoms with Gasteiger partial charge in [-0.25, -0.2) is 9.98 Å². The molecular weight excluding hydrogens is 701 g/mol. The van der Waals surface area contributed by atoms with Gasteiger partial charge in [-0.15, -0.1) is 0 Å². The fourth-order valence-electron chi connectivity index (χ4n) is 9.27. The van der Waals surface area contributed by atoms with Crippen LogP contribution < -0.4 is 0 Å². The van der Waals surface area contributed by atoms with Crippen molar-refractivity contribution in [1.82, 2.24) is 19.9 Å². The van der Waals surface area contributed by atoms with E-state index in [0.717, 1.165) is 122 Å². The summed E-state index contributed by atoms with van der Waals surface area (Å²) in [6.07, 6.45) is 7.98. The Morgan fingerprint density at radius 1 is 0.500 bits per heavy atom. The molecule has 0 aliphatic carbocycles. The van der Waals surface area contributed by atoms with Crippen LogP contribution >= 0.6 is 0 Å². The number of hydrogen-bond donors (Lipinski definition) is 6. The first-order chi connectivity index (χ1) is 26.7. The van der Waals surface area contributed by atoms with Gasteiger partial charge < -0.3 is 30.1 Å². The summed E-state index contributed by atoms with van der Waals surface area (Å²) in [5, 5.41) is 19.6. The van der Waals surface area contributed by atoms with E-state index in [1.807, 2.05) is 13.8 Å². The lowest BCUT2D eigenvalue weighted by Crippen LogP contribution is -2.10. The third-order valence-corrected chi connectivity index (χ3v) is 12.4. The molecule has 10 heteroatoms. The van der Waals surface area contributed by atoms with E-state index < -0.39 is 11.9 Å². The van der Waals surface area contributed by atoms with Gasteiger partial charge in [-0.2, -0.15) is 0 Å². The Kier molecular flexibility index (Phi) is 10.2. The highest BCUT2D eigenvalue weighted by molar-refractivity contribution is 6.17. The van der Waals surface area contributed by atoms with Gasteiger partial charge in [0.1, 0.15) is 0 Å². The Labute approximate surface area is 328 Å². The van der Waals surface area contributed by atoms with Gasteiger partial charge in [0.25, 0.3) is 0 Å². The Hall–Kier alpha value is -5.64. The third kappa shape index (κ3) is 6.19. The topological polar surface area (TPSA) is 162 Å². The van der Waals surface area contributed by atoms with Crippen molar-refractivity contribution in [3.05, 3.63) is 101 Å². The maximum absolute atomic E-state index is 12.0. The Balaban J connectivity index is 1.58. The fourth-order valence-corrected chi connectivity index (χ4v) is 9.27. The van der Waals surface area contributed by atoms with E-state index >= 15 is 0 Å². The van der Waals surface area contributed by atoms with Crippen LogP contribution in [0.5, 0.6) is 0 Å². The van der Waals surface area contributed by atoms with Gasteiger partial charge in [0.2, 0.25) is 0 Å². The number of aromatic nitrogens is 4. The summed E-state index contributed by atoms with van der Waals surface area (Å²) in [7, 11) is 0. The molecule has 0 aromatic carbocycles. The zero-order valence-corrected chi connectivity index (χ0v) is 34.4. The summed E-state index contributed by atoms with van der Waals surface area (Å²) in [4.78, 5) is 49.8. The number of aliphatic imine (C=N–C) groups is 2. The number of fused-ring (bicyclic) bond motifs is 14. The summed E-state index contributed by atoms with van der Waals surface area (Å²) in [5.41, 5.74) is 24.2. The van der Waals surface area contributed by atoms with E-state index in [4.69, 9.17) is 9.98 Å². The minimum Gasteiger partial charge on any atom is -0.481 e. The number of carboxylic acids is 2. The second kappa shape index (κ2) is 14.8. The monoisotopic (exact) mass is 754 g/mol. The molecule has 0 amide bonds. The molecule has 4 aromatic rings. The van der Waals surface area contributed by atoms with Crippen LogP contribution in [0, 0.1) is 27.7 Å². The van der Waals surface area contributed by atoms with Crippen molar-refractivity contribution in [3.8, 4) is 22.8 Å². The minimum atomic E-state index is -0.886. The number of carbonyl (C=O) groups is 2. The van der Waals surface area contributed by atoms with Crippen LogP contribution in [-0.4, -0.2) is 53.5 Å². The number of nitrogens with one attached hydrogen (secondary N) is 4. The number of carboxylic acid groups (broad SMARTS) is 2. The van der Waals surface area contributed by atoms with Crippen molar-refractivity contribution in [2.24, 2.45) is 9.98 Å².